The molecule has 130 valence electrons. The van der Waals surface area contributed by atoms with Gasteiger partial charge in [-0.2, -0.15) is 5.10 Å². The van der Waals surface area contributed by atoms with Crippen molar-refractivity contribution in [1.29, 1.82) is 0 Å². The number of aryl methyl sites for hydroxylation is 2. The van der Waals surface area contributed by atoms with E-state index >= 15 is 0 Å². The molecule has 1 amide bonds. The van der Waals surface area contributed by atoms with Gasteiger partial charge in [0.15, 0.2) is 5.76 Å². The number of aromatic nitrogens is 2. The molecule has 2 heterocycles. The van der Waals surface area contributed by atoms with Crippen LogP contribution in [0.4, 0.5) is 0 Å². The molecule has 0 aliphatic carbocycles. The van der Waals surface area contributed by atoms with E-state index in [0.29, 0.717) is 12.3 Å². The topological polar surface area (TPSA) is 69.3 Å². The zero-order valence-corrected chi connectivity index (χ0v) is 14.4. The maximum absolute atomic E-state index is 12.2. The number of carbonyl (C=O) groups excluding carboxylic acids is 1. The van der Waals surface area contributed by atoms with Crippen LogP contribution in [-0.4, -0.2) is 15.7 Å². The first-order valence-corrected chi connectivity index (χ1v) is 8.22. The number of furan rings is 1. The van der Waals surface area contributed by atoms with Gasteiger partial charge in [0.2, 0.25) is 0 Å². The number of benzene rings is 1. The Morgan fingerprint density at radius 1 is 1.28 bits per heavy atom. The highest BCUT2D eigenvalue weighted by atomic mass is 16.5. The van der Waals surface area contributed by atoms with Gasteiger partial charge in [0.25, 0.3) is 5.91 Å². The SMILES string of the molecule is CCn1cc(CNC(=O)c2ccc(COc3ccccc3C)o2)cn1. The molecular formula is C19H21N3O3. The smallest absolute Gasteiger partial charge is 0.287 e. The molecule has 3 aromatic rings. The van der Waals surface area contributed by atoms with Crippen LogP contribution in [0.2, 0.25) is 0 Å². The van der Waals surface area contributed by atoms with E-state index in [0.717, 1.165) is 23.4 Å². The third kappa shape index (κ3) is 4.29. The van der Waals surface area contributed by atoms with E-state index in [2.05, 4.69) is 10.4 Å². The molecule has 0 aliphatic heterocycles. The van der Waals surface area contributed by atoms with Gasteiger partial charge in [-0.25, -0.2) is 0 Å². The van der Waals surface area contributed by atoms with Gasteiger partial charge < -0.3 is 14.5 Å². The van der Waals surface area contributed by atoms with Crippen molar-refractivity contribution >= 4 is 5.91 Å². The van der Waals surface area contributed by atoms with Gasteiger partial charge in [0.1, 0.15) is 18.1 Å². The standard InChI is InChI=1S/C19H21N3O3/c1-3-22-12-15(11-21-22)10-20-19(23)18-9-8-16(25-18)13-24-17-7-5-4-6-14(17)2/h4-9,11-12H,3,10,13H2,1-2H3,(H,20,23). The van der Waals surface area contributed by atoms with E-state index in [4.69, 9.17) is 9.15 Å². The van der Waals surface area contributed by atoms with E-state index in [1.165, 1.54) is 0 Å². The Balaban J connectivity index is 1.53. The summed E-state index contributed by atoms with van der Waals surface area (Å²) in [6.07, 6.45) is 3.65. The first kappa shape index (κ1) is 16.8. The fourth-order valence-corrected chi connectivity index (χ4v) is 2.38. The number of ether oxygens (including phenoxy) is 1. The second-order valence-electron chi connectivity index (χ2n) is 5.71. The molecule has 0 unspecified atom stereocenters. The van der Waals surface area contributed by atoms with Crippen molar-refractivity contribution in [2.75, 3.05) is 0 Å². The third-order valence-electron chi connectivity index (χ3n) is 3.81. The Morgan fingerprint density at radius 3 is 2.88 bits per heavy atom. The number of nitrogens with zero attached hydrogens (tertiary/aromatic N) is 2. The molecule has 0 saturated carbocycles. The molecule has 0 atom stereocenters. The van der Waals surface area contributed by atoms with Crippen LogP contribution in [0.5, 0.6) is 5.75 Å². The van der Waals surface area contributed by atoms with Gasteiger partial charge in [0.05, 0.1) is 6.20 Å². The number of amides is 1. The molecule has 6 heteroatoms. The quantitative estimate of drug-likeness (QED) is 0.717. The predicted molar refractivity (Wildman–Crippen MR) is 93.3 cm³/mol. The summed E-state index contributed by atoms with van der Waals surface area (Å²) in [6, 6.07) is 11.2. The van der Waals surface area contributed by atoms with Gasteiger partial charge in [0, 0.05) is 24.8 Å². The Morgan fingerprint density at radius 2 is 2.12 bits per heavy atom. The normalized spacial score (nSPS) is 10.6. The third-order valence-corrected chi connectivity index (χ3v) is 3.81. The Kier molecular flexibility index (Phi) is 5.18. The zero-order chi connectivity index (χ0) is 17.6. The maximum Gasteiger partial charge on any atom is 0.287 e. The van der Waals surface area contributed by atoms with Crippen LogP contribution >= 0.6 is 0 Å². The second-order valence-corrected chi connectivity index (χ2v) is 5.71. The van der Waals surface area contributed by atoms with E-state index in [1.807, 2.05) is 49.0 Å². The predicted octanol–water partition coefficient (Wildman–Crippen LogP) is 3.31. The molecule has 1 N–H and O–H groups in total. The zero-order valence-electron chi connectivity index (χ0n) is 14.4. The molecule has 2 aromatic heterocycles. The largest absolute Gasteiger partial charge is 0.485 e. The average molecular weight is 339 g/mol. The number of rotatable bonds is 7. The van der Waals surface area contributed by atoms with Crippen LogP contribution < -0.4 is 10.1 Å². The first-order chi connectivity index (χ1) is 12.2. The lowest BCUT2D eigenvalue weighted by molar-refractivity contribution is 0.0919. The summed E-state index contributed by atoms with van der Waals surface area (Å²) < 4.78 is 13.1. The number of carbonyl (C=O) groups is 1. The van der Waals surface area contributed by atoms with Crippen molar-refractivity contribution in [1.82, 2.24) is 15.1 Å². The van der Waals surface area contributed by atoms with Crippen molar-refractivity contribution < 1.29 is 13.9 Å². The number of hydrogen-bond acceptors (Lipinski definition) is 4. The van der Waals surface area contributed by atoms with E-state index in [-0.39, 0.29) is 18.3 Å². The summed E-state index contributed by atoms with van der Waals surface area (Å²) in [5.74, 6) is 1.42. The minimum absolute atomic E-state index is 0.258. The van der Waals surface area contributed by atoms with Crippen LogP contribution in [-0.2, 0) is 19.7 Å². The van der Waals surface area contributed by atoms with Crippen molar-refractivity contribution in [2.45, 2.75) is 33.5 Å². The molecule has 0 radical (unpaired) electrons. The molecule has 6 nitrogen and oxygen atoms in total. The van der Waals surface area contributed by atoms with Crippen molar-refractivity contribution in [3.8, 4) is 5.75 Å². The molecule has 0 fully saturated rings. The lowest BCUT2D eigenvalue weighted by Gasteiger charge is -2.06. The van der Waals surface area contributed by atoms with E-state index < -0.39 is 0 Å². The summed E-state index contributed by atoms with van der Waals surface area (Å²) in [6.45, 7) is 5.49. The highest BCUT2D eigenvalue weighted by molar-refractivity contribution is 5.91. The van der Waals surface area contributed by atoms with Crippen molar-refractivity contribution in [3.05, 3.63) is 71.4 Å². The highest BCUT2D eigenvalue weighted by Gasteiger charge is 2.12. The van der Waals surface area contributed by atoms with Gasteiger partial charge in [-0.15, -0.1) is 0 Å². The molecule has 25 heavy (non-hydrogen) atoms. The monoisotopic (exact) mass is 339 g/mol. The molecule has 0 spiro atoms. The summed E-state index contributed by atoms with van der Waals surface area (Å²) >= 11 is 0. The van der Waals surface area contributed by atoms with Gasteiger partial charge >= 0.3 is 0 Å². The summed E-state index contributed by atoms with van der Waals surface area (Å²) in [5, 5.41) is 7.00. The lowest BCUT2D eigenvalue weighted by atomic mass is 10.2. The van der Waals surface area contributed by atoms with Crippen LogP contribution in [0.25, 0.3) is 0 Å². The van der Waals surface area contributed by atoms with Gasteiger partial charge in [-0.05, 0) is 37.6 Å². The second kappa shape index (κ2) is 7.70. The Labute approximate surface area is 146 Å². The van der Waals surface area contributed by atoms with Crippen molar-refractivity contribution in [3.63, 3.8) is 0 Å². The number of para-hydroxylation sites is 1. The maximum atomic E-state index is 12.2. The fraction of sp³-hybridized carbons (Fsp3) is 0.263. The van der Waals surface area contributed by atoms with Crippen LogP contribution in [0, 0.1) is 6.92 Å². The minimum Gasteiger partial charge on any atom is -0.485 e. The fourth-order valence-electron chi connectivity index (χ4n) is 2.38. The van der Waals surface area contributed by atoms with Gasteiger partial charge in [-0.3, -0.25) is 9.48 Å². The number of hydrogen-bond donors (Lipinski definition) is 1. The van der Waals surface area contributed by atoms with E-state index in [9.17, 15) is 4.79 Å². The summed E-state index contributed by atoms with van der Waals surface area (Å²) in [4.78, 5) is 12.2. The lowest BCUT2D eigenvalue weighted by Crippen LogP contribution is -2.22. The summed E-state index contributed by atoms with van der Waals surface area (Å²) in [5.41, 5.74) is 2.00. The minimum atomic E-state index is -0.258. The molecule has 0 aliphatic rings. The van der Waals surface area contributed by atoms with Gasteiger partial charge in [-0.1, -0.05) is 18.2 Å². The Hall–Kier alpha value is -3.02. The van der Waals surface area contributed by atoms with Crippen LogP contribution in [0.3, 0.4) is 0 Å². The molecule has 1 aromatic carbocycles. The highest BCUT2D eigenvalue weighted by Crippen LogP contribution is 2.18. The van der Waals surface area contributed by atoms with Crippen LogP contribution in [0.15, 0.2) is 53.2 Å². The molecule has 3 rings (SSSR count). The van der Waals surface area contributed by atoms with Crippen LogP contribution in [0.1, 0.15) is 34.4 Å². The Bertz CT molecular complexity index is 851. The average Bonchev–Trinajstić information content (AvgIpc) is 3.28. The summed E-state index contributed by atoms with van der Waals surface area (Å²) in [7, 11) is 0. The molecule has 0 saturated heterocycles. The first-order valence-electron chi connectivity index (χ1n) is 8.22. The number of nitrogens with one attached hydrogen (secondary N) is 1. The van der Waals surface area contributed by atoms with E-state index in [1.54, 1.807) is 18.3 Å². The molecular weight excluding hydrogens is 318 g/mol. The van der Waals surface area contributed by atoms with Crippen molar-refractivity contribution in [2.24, 2.45) is 0 Å². The molecule has 0 bridgehead atoms.